The minimum Gasteiger partial charge on any atom is -0.492 e. The lowest BCUT2D eigenvalue weighted by Crippen LogP contribution is -2.40. The summed E-state index contributed by atoms with van der Waals surface area (Å²) in [5.41, 5.74) is 1.69. The zero-order valence-corrected chi connectivity index (χ0v) is 34.6. The van der Waals surface area contributed by atoms with Gasteiger partial charge in [-0.05, 0) is 95.2 Å². The first-order chi connectivity index (χ1) is 27.5. The van der Waals surface area contributed by atoms with Crippen molar-refractivity contribution in [2.24, 2.45) is 0 Å². The van der Waals surface area contributed by atoms with E-state index >= 15 is 0 Å². The predicted molar refractivity (Wildman–Crippen MR) is 220 cm³/mol. The number of ether oxygens (including phenoxy) is 5. The smallest absolute Gasteiger partial charge is 0.336 e. The van der Waals surface area contributed by atoms with Crippen molar-refractivity contribution in [2.75, 3.05) is 33.0 Å². The molecule has 2 N–H and O–H groups in total. The summed E-state index contributed by atoms with van der Waals surface area (Å²) in [5, 5.41) is 19.1. The van der Waals surface area contributed by atoms with E-state index < -0.39 is 23.1 Å². The fourth-order valence-electron chi connectivity index (χ4n) is 6.97. The van der Waals surface area contributed by atoms with E-state index in [0.717, 1.165) is 29.9 Å². The predicted octanol–water partition coefficient (Wildman–Crippen LogP) is 7.41. The molecule has 0 saturated carbocycles. The molecule has 2 aliphatic rings. The summed E-state index contributed by atoms with van der Waals surface area (Å²) in [5.74, 6) is 0.132. The maximum atomic E-state index is 12.4. The molecule has 4 heterocycles. The van der Waals surface area contributed by atoms with Gasteiger partial charge in [0.1, 0.15) is 31.3 Å². The van der Waals surface area contributed by atoms with Crippen LogP contribution in [0.1, 0.15) is 89.5 Å². The number of pyridine rings is 2. The van der Waals surface area contributed by atoms with Crippen molar-refractivity contribution in [1.82, 2.24) is 9.55 Å². The molecule has 6 rings (SSSR count). The third-order valence-electron chi connectivity index (χ3n) is 10.5. The van der Waals surface area contributed by atoms with Gasteiger partial charge >= 0.3 is 11.9 Å². The fourth-order valence-corrected chi connectivity index (χ4v) is 6.97. The van der Waals surface area contributed by atoms with Crippen molar-refractivity contribution >= 4 is 11.9 Å². The molecule has 0 spiro atoms. The SMILES string of the molecule is CC(C)(C)c1ccc(OCCOc2cc(CC3(C(=O)O)CCCO3)ccn2)cc1.CC(C)(C)c1ccc(OCCn2ccc(CC3(C(=O)O)CCCO3)cc2=O)cc1. The van der Waals surface area contributed by atoms with Crippen LogP contribution in [-0.4, -0.2) is 75.9 Å². The molecule has 2 atom stereocenters. The largest absolute Gasteiger partial charge is 0.492 e. The fraction of sp³-hybridized carbons (Fsp3) is 0.478. The Labute approximate surface area is 341 Å². The van der Waals surface area contributed by atoms with Crippen LogP contribution in [0.4, 0.5) is 0 Å². The van der Waals surface area contributed by atoms with Crippen LogP contribution in [0, 0.1) is 0 Å². The van der Waals surface area contributed by atoms with E-state index in [0.29, 0.717) is 70.3 Å². The van der Waals surface area contributed by atoms with Crippen LogP contribution in [0.5, 0.6) is 17.4 Å². The Morgan fingerprint density at radius 2 is 1.17 bits per heavy atom. The summed E-state index contributed by atoms with van der Waals surface area (Å²) in [4.78, 5) is 39.9. The highest BCUT2D eigenvalue weighted by Crippen LogP contribution is 2.32. The van der Waals surface area contributed by atoms with Gasteiger partial charge in [0, 0.05) is 50.6 Å². The van der Waals surface area contributed by atoms with Gasteiger partial charge < -0.3 is 38.5 Å². The van der Waals surface area contributed by atoms with Crippen molar-refractivity contribution in [3.63, 3.8) is 0 Å². The van der Waals surface area contributed by atoms with Gasteiger partial charge in [-0.2, -0.15) is 0 Å². The third-order valence-corrected chi connectivity index (χ3v) is 10.5. The Morgan fingerprint density at radius 3 is 1.62 bits per heavy atom. The first-order valence-electron chi connectivity index (χ1n) is 20.0. The molecule has 2 aliphatic heterocycles. The van der Waals surface area contributed by atoms with Crippen LogP contribution in [0.25, 0.3) is 0 Å². The standard InChI is InChI=1S/2C23H29NO5/c1-22(2,3)18-5-7-19(8-6-18)28-14-12-24-11-9-17(15-20(24)25)16-23(21(26)27)10-4-13-29-23;1-22(2,3)18-5-7-19(8-6-18)27-13-14-28-20-15-17(9-11-24-20)16-23(21(25)26)10-4-12-29-23/h5-9,11,15H,4,10,12-14,16H2,1-3H3,(H,26,27);5-9,11,15H,4,10,12-14,16H2,1-3H3,(H,25,26). The number of carboxylic acid groups (broad SMARTS) is 2. The Balaban J connectivity index is 0.000000221. The summed E-state index contributed by atoms with van der Waals surface area (Å²) in [6, 6.07) is 22.9. The van der Waals surface area contributed by atoms with Gasteiger partial charge in [0.05, 0.1) is 6.54 Å². The lowest BCUT2D eigenvalue weighted by molar-refractivity contribution is -0.160. The Kier molecular flexibility index (Phi) is 14.4. The molecule has 0 amide bonds. The van der Waals surface area contributed by atoms with Crippen molar-refractivity contribution in [3.8, 4) is 17.4 Å². The van der Waals surface area contributed by atoms with Gasteiger partial charge in [0.15, 0.2) is 11.2 Å². The average Bonchev–Trinajstić information content (AvgIpc) is 3.86. The maximum absolute atomic E-state index is 12.4. The van der Waals surface area contributed by atoms with Gasteiger partial charge in [0.2, 0.25) is 5.88 Å². The minimum absolute atomic E-state index is 0.0936. The lowest BCUT2D eigenvalue weighted by Gasteiger charge is -2.23. The molecule has 4 aromatic rings. The number of hydrogen-bond donors (Lipinski definition) is 2. The van der Waals surface area contributed by atoms with Gasteiger partial charge in [-0.3, -0.25) is 4.79 Å². The second kappa shape index (κ2) is 19.0. The van der Waals surface area contributed by atoms with Gasteiger partial charge in [-0.1, -0.05) is 65.8 Å². The zero-order chi connectivity index (χ0) is 42.0. The number of benzene rings is 2. The van der Waals surface area contributed by atoms with Crippen LogP contribution >= 0.6 is 0 Å². The normalized spacial score (nSPS) is 19.2. The van der Waals surface area contributed by atoms with Crippen LogP contribution in [0.2, 0.25) is 0 Å². The maximum Gasteiger partial charge on any atom is 0.336 e. The molecule has 2 saturated heterocycles. The minimum atomic E-state index is -1.21. The summed E-state index contributed by atoms with van der Waals surface area (Å²) in [7, 11) is 0. The highest BCUT2D eigenvalue weighted by Gasteiger charge is 2.44. The molecular formula is C46H58N2O10. The monoisotopic (exact) mass is 798 g/mol. The summed E-state index contributed by atoms with van der Waals surface area (Å²) in [6.07, 6.45) is 6.28. The molecule has 12 nitrogen and oxygen atoms in total. The van der Waals surface area contributed by atoms with Crippen molar-refractivity contribution < 1.29 is 43.5 Å². The van der Waals surface area contributed by atoms with Crippen LogP contribution in [-0.2, 0) is 49.3 Å². The Hall–Kier alpha value is -5.20. The molecule has 2 fully saturated rings. The van der Waals surface area contributed by atoms with E-state index in [1.807, 2.05) is 24.3 Å². The molecule has 12 heteroatoms. The van der Waals surface area contributed by atoms with E-state index in [9.17, 15) is 24.6 Å². The van der Waals surface area contributed by atoms with Gasteiger partial charge in [-0.15, -0.1) is 0 Å². The highest BCUT2D eigenvalue weighted by molar-refractivity contribution is 5.78. The molecule has 0 radical (unpaired) electrons. The van der Waals surface area contributed by atoms with E-state index in [2.05, 4.69) is 70.8 Å². The molecule has 312 valence electrons. The van der Waals surface area contributed by atoms with E-state index in [-0.39, 0.29) is 22.8 Å². The van der Waals surface area contributed by atoms with Crippen LogP contribution < -0.4 is 19.8 Å². The second-order valence-corrected chi connectivity index (χ2v) is 17.0. The number of rotatable bonds is 15. The van der Waals surface area contributed by atoms with Gasteiger partial charge in [-0.25, -0.2) is 14.6 Å². The van der Waals surface area contributed by atoms with Gasteiger partial charge in [0.25, 0.3) is 5.56 Å². The Bertz CT molecular complexity index is 2020. The zero-order valence-electron chi connectivity index (χ0n) is 34.6. The molecule has 2 aromatic heterocycles. The first-order valence-corrected chi connectivity index (χ1v) is 20.0. The quantitative estimate of drug-likeness (QED) is 0.116. The summed E-state index contributed by atoms with van der Waals surface area (Å²) in [6.45, 7) is 15.5. The van der Waals surface area contributed by atoms with E-state index in [1.165, 1.54) is 17.2 Å². The average molecular weight is 799 g/mol. The van der Waals surface area contributed by atoms with Crippen LogP contribution in [0.15, 0.2) is 90.0 Å². The van der Waals surface area contributed by atoms with Crippen molar-refractivity contribution in [1.29, 1.82) is 0 Å². The number of nitrogens with zero attached hydrogens (tertiary/aromatic N) is 2. The molecule has 0 aliphatic carbocycles. The van der Waals surface area contributed by atoms with Crippen molar-refractivity contribution in [3.05, 3.63) is 118 Å². The lowest BCUT2D eigenvalue weighted by atomic mass is 9.87. The molecule has 2 aromatic carbocycles. The summed E-state index contributed by atoms with van der Waals surface area (Å²) >= 11 is 0. The number of carbonyl (C=O) groups is 2. The molecular weight excluding hydrogens is 741 g/mol. The van der Waals surface area contributed by atoms with E-state index in [4.69, 9.17) is 23.7 Å². The second-order valence-electron chi connectivity index (χ2n) is 17.0. The van der Waals surface area contributed by atoms with Crippen LogP contribution in [0.3, 0.4) is 0 Å². The number of aliphatic carboxylic acids is 2. The Morgan fingerprint density at radius 1 is 0.690 bits per heavy atom. The number of hydrogen-bond acceptors (Lipinski definition) is 9. The highest BCUT2D eigenvalue weighted by atomic mass is 16.5. The molecule has 0 bridgehead atoms. The molecule has 58 heavy (non-hydrogen) atoms. The van der Waals surface area contributed by atoms with Crippen molar-refractivity contribution in [2.45, 2.75) is 109 Å². The topological polar surface area (TPSA) is 156 Å². The number of carboxylic acids is 2. The van der Waals surface area contributed by atoms with E-state index in [1.54, 1.807) is 35.2 Å². The molecule has 2 unspecified atom stereocenters. The third kappa shape index (κ3) is 11.9. The number of aromatic nitrogens is 2. The first kappa shape index (κ1) is 43.9. The summed E-state index contributed by atoms with van der Waals surface area (Å²) < 4.78 is 29.8.